The van der Waals surface area contributed by atoms with Crippen LogP contribution in [-0.2, 0) is 12.6 Å². The number of hydrogen-bond acceptors (Lipinski definition) is 1. The van der Waals surface area contributed by atoms with Gasteiger partial charge in [0.1, 0.15) is 0 Å². The van der Waals surface area contributed by atoms with Crippen LogP contribution in [0.2, 0.25) is 5.02 Å². The minimum atomic E-state index is -4.41. The number of rotatable bonds is 3. The standard InChI is InChI=1S/C11H10Cl2F3N/c12-8(6-1-2-6)4-10-9(13)3-7(5-17-10)11(14,15)16/h3,5-6,8H,1-2,4H2. The Bertz CT molecular complexity index is 416. The van der Waals surface area contributed by atoms with Crippen LogP contribution in [0.1, 0.15) is 24.1 Å². The maximum absolute atomic E-state index is 12.4. The van der Waals surface area contributed by atoms with Crippen LogP contribution < -0.4 is 0 Å². The molecule has 0 aromatic carbocycles. The number of pyridine rings is 1. The van der Waals surface area contributed by atoms with Gasteiger partial charge >= 0.3 is 6.18 Å². The third-order valence-corrected chi connectivity index (χ3v) is 3.60. The first-order valence-corrected chi connectivity index (χ1v) is 6.05. The highest BCUT2D eigenvalue weighted by Gasteiger charge is 2.33. The molecular formula is C11H10Cl2F3N. The van der Waals surface area contributed by atoms with Crippen molar-refractivity contribution in [2.45, 2.75) is 30.8 Å². The van der Waals surface area contributed by atoms with E-state index < -0.39 is 11.7 Å². The zero-order valence-electron chi connectivity index (χ0n) is 8.77. The highest BCUT2D eigenvalue weighted by Crippen LogP contribution is 2.38. The first kappa shape index (κ1) is 13.0. The van der Waals surface area contributed by atoms with Gasteiger partial charge in [-0.1, -0.05) is 11.6 Å². The second kappa shape index (κ2) is 4.65. The normalized spacial score (nSPS) is 18.2. The van der Waals surface area contributed by atoms with E-state index in [-0.39, 0.29) is 10.4 Å². The molecule has 0 radical (unpaired) electrons. The van der Waals surface area contributed by atoms with E-state index in [0.29, 0.717) is 18.0 Å². The van der Waals surface area contributed by atoms with Crippen LogP contribution in [0.4, 0.5) is 13.2 Å². The Morgan fingerprint density at radius 2 is 2.06 bits per heavy atom. The van der Waals surface area contributed by atoms with Crippen LogP contribution in [0.25, 0.3) is 0 Å². The summed E-state index contributed by atoms with van der Waals surface area (Å²) in [5.74, 6) is 0.455. The fraction of sp³-hybridized carbons (Fsp3) is 0.545. The quantitative estimate of drug-likeness (QED) is 0.753. The van der Waals surface area contributed by atoms with Gasteiger partial charge in [0.25, 0.3) is 0 Å². The number of halogens is 5. The molecule has 2 rings (SSSR count). The van der Waals surface area contributed by atoms with Gasteiger partial charge in [0, 0.05) is 18.0 Å². The van der Waals surface area contributed by atoms with Crippen molar-refractivity contribution in [3.63, 3.8) is 0 Å². The minimum absolute atomic E-state index is 0.0334. The van der Waals surface area contributed by atoms with Crippen molar-refractivity contribution in [2.24, 2.45) is 5.92 Å². The topological polar surface area (TPSA) is 12.9 Å². The predicted octanol–water partition coefficient (Wildman–Crippen LogP) is 4.31. The molecule has 1 atom stereocenters. The van der Waals surface area contributed by atoms with E-state index in [1.807, 2.05) is 0 Å². The second-order valence-corrected chi connectivity index (χ2v) is 5.18. The largest absolute Gasteiger partial charge is 0.417 e. The van der Waals surface area contributed by atoms with Crippen LogP contribution in [0.5, 0.6) is 0 Å². The Labute approximate surface area is 107 Å². The summed E-state index contributed by atoms with van der Waals surface area (Å²) in [5.41, 5.74) is -0.393. The zero-order chi connectivity index (χ0) is 12.6. The molecule has 0 amide bonds. The number of nitrogens with zero attached hydrogens (tertiary/aromatic N) is 1. The zero-order valence-corrected chi connectivity index (χ0v) is 10.3. The molecule has 1 heterocycles. The summed E-state index contributed by atoms with van der Waals surface area (Å²) in [6, 6.07) is 0.903. The van der Waals surface area contributed by atoms with Crippen LogP contribution in [0, 0.1) is 5.92 Å². The van der Waals surface area contributed by atoms with Crippen LogP contribution in [0.3, 0.4) is 0 Å². The van der Waals surface area contributed by atoms with Gasteiger partial charge < -0.3 is 0 Å². The van der Waals surface area contributed by atoms with Crippen molar-refractivity contribution >= 4 is 23.2 Å². The van der Waals surface area contributed by atoms with Crippen molar-refractivity contribution in [3.8, 4) is 0 Å². The van der Waals surface area contributed by atoms with Crippen LogP contribution >= 0.6 is 23.2 Å². The predicted molar refractivity (Wildman–Crippen MR) is 60.3 cm³/mol. The molecule has 0 N–H and O–H groups in total. The summed E-state index contributed by atoms with van der Waals surface area (Å²) >= 11 is 11.9. The van der Waals surface area contributed by atoms with E-state index in [1.165, 1.54) is 0 Å². The highest BCUT2D eigenvalue weighted by atomic mass is 35.5. The molecule has 1 saturated carbocycles. The van der Waals surface area contributed by atoms with Gasteiger partial charge in [-0.15, -0.1) is 11.6 Å². The van der Waals surface area contributed by atoms with E-state index in [0.717, 1.165) is 25.1 Å². The summed E-state index contributed by atoms with van der Waals surface area (Å²) in [6.45, 7) is 0. The third kappa shape index (κ3) is 3.26. The fourth-order valence-electron chi connectivity index (χ4n) is 1.58. The Morgan fingerprint density at radius 3 is 2.53 bits per heavy atom. The van der Waals surface area contributed by atoms with Gasteiger partial charge in [0.05, 0.1) is 16.3 Å². The lowest BCUT2D eigenvalue weighted by atomic mass is 10.1. The Morgan fingerprint density at radius 1 is 1.41 bits per heavy atom. The molecule has 0 spiro atoms. The first-order valence-electron chi connectivity index (χ1n) is 5.23. The van der Waals surface area contributed by atoms with Crippen LogP contribution in [-0.4, -0.2) is 10.4 Å². The summed E-state index contributed by atoms with van der Waals surface area (Å²) < 4.78 is 37.1. The number of aromatic nitrogens is 1. The molecule has 1 nitrogen and oxygen atoms in total. The SMILES string of the molecule is FC(F)(F)c1cnc(CC(Cl)C2CC2)c(Cl)c1. The lowest BCUT2D eigenvalue weighted by molar-refractivity contribution is -0.137. The van der Waals surface area contributed by atoms with Crippen molar-refractivity contribution in [1.82, 2.24) is 4.98 Å². The molecule has 1 fully saturated rings. The van der Waals surface area contributed by atoms with Gasteiger partial charge in [0.2, 0.25) is 0 Å². The molecule has 94 valence electrons. The van der Waals surface area contributed by atoms with Crippen LogP contribution in [0.15, 0.2) is 12.3 Å². The number of hydrogen-bond donors (Lipinski definition) is 0. The maximum atomic E-state index is 12.4. The second-order valence-electron chi connectivity index (χ2n) is 4.21. The van der Waals surface area contributed by atoms with Crippen molar-refractivity contribution in [2.75, 3.05) is 0 Å². The molecule has 1 aliphatic rings. The van der Waals surface area contributed by atoms with Crippen molar-refractivity contribution in [1.29, 1.82) is 0 Å². The molecule has 1 aliphatic carbocycles. The third-order valence-electron chi connectivity index (χ3n) is 2.77. The average Bonchev–Trinajstić information content (AvgIpc) is 3.02. The molecule has 6 heteroatoms. The van der Waals surface area contributed by atoms with E-state index in [9.17, 15) is 13.2 Å². The Hall–Kier alpha value is -0.480. The summed E-state index contributed by atoms with van der Waals surface area (Å²) in [4.78, 5) is 3.76. The lowest BCUT2D eigenvalue weighted by Crippen LogP contribution is -2.10. The summed E-state index contributed by atoms with van der Waals surface area (Å²) in [5, 5.41) is -0.0529. The van der Waals surface area contributed by atoms with Gasteiger partial charge in [-0.2, -0.15) is 13.2 Å². The summed E-state index contributed by atoms with van der Waals surface area (Å²) in [7, 11) is 0. The molecular weight excluding hydrogens is 274 g/mol. The Kier molecular flexibility index (Phi) is 3.55. The van der Waals surface area contributed by atoms with E-state index in [4.69, 9.17) is 23.2 Å². The molecule has 0 bridgehead atoms. The van der Waals surface area contributed by atoms with E-state index in [2.05, 4.69) is 4.98 Å². The van der Waals surface area contributed by atoms with E-state index >= 15 is 0 Å². The molecule has 17 heavy (non-hydrogen) atoms. The van der Waals surface area contributed by atoms with Gasteiger partial charge in [0.15, 0.2) is 0 Å². The molecule has 0 aliphatic heterocycles. The lowest BCUT2D eigenvalue weighted by Gasteiger charge is -2.11. The van der Waals surface area contributed by atoms with Crippen molar-refractivity contribution < 1.29 is 13.2 Å². The summed E-state index contributed by atoms with van der Waals surface area (Å²) in [6.07, 6.45) is -1.04. The molecule has 1 aromatic rings. The van der Waals surface area contributed by atoms with Gasteiger partial charge in [-0.25, -0.2) is 0 Å². The highest BCUT2D eigenvalue weighted by molar-refractivity contribution is 6.31. The number of alkyl halides is 4. The average molecular weight is 284 g/mol. The smallest absolute Gasteiger partial charge is 0.259 e. The van der Waals surface area contributed by atoms with E-state index in [1.54, 1.807) is 0 Å². The fourth-order valence-corrected chi connectivity index (χ4v) is 2.22. The molecule has 0 saturated heterocycles. The van der Waals surface area contributed by atoms with Gasteiger partial charge in [-0.3, -0.25) is 4.98 Å². The molecule has 1 unspecified atom stereocenters. The minimum Gasteiger partial charge on any atom is -0.259 e. The van der Waals surface area contributed by atoms with Gasteiger partial charge in [-0.05, 0) is 24.8 Å². The monoisotopic (exact) mass is 283 g/mol. The first-order chi connectivity index (χ1) is 7.88. The molecule has 1 aromatic heterocycles. The van der Waals surface area contributed by atoms with Crippen molar-refractivity contribution in [3.05, 3.63) is 28.5 Å². The maximum Gasteiger partial charge on any atom is 0.417 e. The Balaban J connectivity index is 2.13.